The van der Waals surface area contributed by atoms with Gasteiger partial charge in [0.1, 0.15) is 5.82 Å². The molecule has 96 valence electrons. The molecule has 1 saturated carbocycles. The Kier molecular flexibility index (Phi) is 3.57. The summed E-state index contributed by atoms with van der Waals surface area (Å²) >= 11 is 0. The highest BCUT2D eigenvalue weighted by Gasteiger charge is 2.30. The Morgan fingerprint density at radius 2 is 2.12 bits per heavy atom. The van der Waals surface area contributed by atoms with Crippen molar-refractivity contribution in [3.8, 4) is 0 Å². The summed E-state index contributed by atoms with van der Waals surface area (Å²) in [4.78, 5) is 4.28. The van der Waals surface area contributed by atoms with E-state index in [0.717, 1.165) is 18.7 Å². The minimum Gasteiger partial charge on any atom is -0.392 e. The second-order valence-corrected chi connectivity index (χ2v) is 6.23. The molecule has 1 aromatic heterocycles. The van der Waals surface area contributed by atoms with Crippen molar-refractivity contribution >= 4 is 0 Å². The van der Waals surface area contributed by atoms with Crippen molar-refractivity contribution < 1.29 is 5.11 Å². The summed E-state index contributed by atoms with van der Waals surface area (Å²) in [5, 5.41) is 10.3. The van der Waals surface area contributed by atoms with Gasteiger partial charge >= 0.3 is 0 Å². The van der Waals surface area contributed by atoms with E-state index in [0.29, 0.717) is 17.8 Å². The minimum atomic E-state index is -0.229. The van der Waals surface area contributed by atoms with Crippen molar-refractivity contribution in [3.63, 3.8) is 0 Å². The number of rotatable bonds is 3. The molecule has 1 aromatic rings. The Morgan fingerprint density at radius 3 is 2.65 bits per heavy atom. The normalized spacial score (nSPS) is 22.6. The molecular formula is C14H24N2O. The van der Waals surface area contributed by atoms with Crippen LogP contribution in [0.25, 0.3) is 0 Å². The lowest BCUT2D eigenvalue weighted by atomic mass is 9.71. The maximum atomic E-state index is 10.3. The Morgan fingerprint density at radius 1 is 1.47 bits per heavy atom. The Balaban J connectivity index is 1.89. The number of hydrogen-bond donors (Lipinski definition) is 1. The number of imidazole rings is 1. The number of aliphatic hydroxyl groups excluding tert-OH is 1. The van der Waals surface area contributed by atoms with Crippen molar-refractivity contribution in [1.82, 2.24) is 9.55 Å². The molecule has 17 heavy (non-hydrogen) atoms. The summed E-state index contributed by atoms with van der Waals surface area (Å²) in [5.41, 5.74) is 0.472. The van der Waals surface area contributed by atoms with Gasteiger partial charge in [-0.25, -0.2) is 4.98 Å². The molecule has 1 unspecified atom stereocenters. The van der Waals surface area contributed by atoms with Gasteiger partial charge in [0.05, 0.1) is 6.10 Å². The van der Waals surface area contributed by atoms with Crippen LogP contribution in [0.15, 0.2) is 12.4 Å². The zero-order valence-corrected chi connectivity index (χ0v) is 11.2. The van der Waals surface area contributed by atoms with E-state index in [1.807, 2.05) is 17.8 Å². The molecule has 0 amide bonds. The molecule has 0 spiro atoms. The van der Waals surface area contributed by atoms with Crippen LogP contribution < -0.4 is 0 Å². The molecule has 0 saturated heterocycles. The van der Waals surface area contributed by atoms with E-state index in [1.54, 1.807) is 6.20 Å². The summed E-state index contributed by atoms with van der Waals surface area (Å²) in [5.74, 6) is 1.45. The molecule has 0 radical (unpaired) electrons. The average Bonchev–Trinajstić information content (AvgIpc) is 2.64. The van der Waals surface area contributed by atoms with E-state index in [2.05, 4.69) is 18.8 Å². The second-order valence-electron chi connectivity index (χ2n) is 6.23. The van der Waals surface area contributed by atoms with Gasteiger partial charge in [-0.2, -0.15) is 0 Å². The molecule has 3 nitrogen and oxygen atoms in total. The molecule has 1 fully saturated rings. The van der Waals surface area contributed by atoms with E-state index < -0.39 is 0 Å². The molecule has 0 aromatic carbocycles. The molecule has 1 heterocycles. The van der Waals surface area contributed by atoms with Crippen LogP contribution in [-0.2, 0) is 13.5 Å². The Hall–Kier alpha value is -0.830. The third kappa shape index (κ3) is 3.09. The second kappa shape index (κ2) is 4.81. The van der Waals surface area contributed by atoms with Crippen LogP contribution in [0, 0.1) is 11.3 Å². The topological polar surface area (TPSA) is 38.0 Å². The molecule has 0 bridgehead atoms. The fourth-order valence-electron chi connectivity index (χ4n) is 2.75. The lowest BCUT2D eigenvalue weighted by Crippen LogP contribution is -2.30. The van der Waals surface area contributed by atoms with Crippen LogP contribution in [0.1, 0.15) is 45.4 Å². The van der Waals surface area contributed by atoms with E-state index in [4.69, 9.17) is 0 Å². The van der Waals surface area contributed by atoms with Crippen molar-refractivity contribution in [2.24, 2.45) is 18.4 Å². The van der Waals surface area contributed by atoms with Gasteiger partial charge in [0, 0.05) is 25.9 Å². The fraction of sp³-hybridized carbons (Fsp3) is 0.786. The van der Waals surface area contributed by atoms with Gasteiger partial charge in [-0.15, -0.1) is 0 Å². The number of nitrogens with zero attached hydrogens (tertiary/aromatic N) is 2. The van der Waals surface area contributed by atoms with Gasteiger partial charge in [0.15, 0.2) is 0 Å². The zero-order valence-electron chi connectivity index (χ0n) is 11.2. The minimum absolute atomic E-state index is 0.229. The summed E-state index contributed by atoms with van der Waals surface area (Å²) in [6.07, 6.45) is 8.96. The van der Waals surface area contributed by atoms with Crippen molar-refractivity contribution in [3.05, 3.63) is 18.2 Å². The van der Waals surface area contributed by atoms with Crippen LogP contribution in [0.3, 0.4) is 0 Å². The lowest BCUT2D eigenvalue weighted by molar-refractivity contribution is 0.0559. The number of aromatic nitrogens is 2. The maximum Gasteiger partial charge on any atom is 0.110 e. The molecule has 1 aliphatic rings. The molecule has 2 rings (SSSR count). The van der Waals surface area contributed by atoms with Gasteiger partial charge in [0.25, 0.3) is 0 Å². The van der Waals surface area contributed by atoms with Gasteiger partial charge in [-0.1, -0.05) is 13.8 Å². The van der Waals surface area contributed by atoms with Crippen molar-refractivity contribution in [2.45, 2.75) is 52.1 Å². The predicted molar refractivity (Wildman–Crippen MR) is 68.7 cm³/mol. The molecule has 1 N–H and O–H groups in total. The van der Waals surface area contributed by atoms with E-state index in [-0.39, 0.29) is 6.10 Å². The highest BCUT2D eigenvalue weighted by atomic mass is 16.3. The van der Waals surface area contributed by atoms with Crippen LogP contribution >= 0.6 is 0 Å². The Bertz CT molecular complexity index is 360. The molecule has 0 aliphatic heterocycles. The number of aliphatic hydroxyl groups is 1. The first-order valence-electron chi connectivity index (χ1n) is 6.62. The van der Waals surface area contributed by atoms with Crippen LogP contribution in [-0.4, -0.2) is 20.8 Å². The number of aryl methyl sites for hydroxylation is 1. The maximum absolute atomic E-state index is 10.3. The summed E-state index contributed by atoms with van der Waals surface area (Å²) < 4.78 is 2.00. The monoisotopic (exact) mass is 236 g/mol. The predicted octanol–water partition coefficient (Wildman–Crippen LogP) is 2.54. The van der Waals surface area contributed by atoms with Crippen molar-refractivity contribution in [2.75, 3.05) is 0 Å². The van der Waals surface area contributed by atoms with Gasteiger partial charge in [-0.05, 0) is 37.0 Å². The standard InChI is InChI=1S/C14H24N2O/c1-14(2)6-4-11(5-7-14)12(17)10-13-15-8-9-16(13)3/h8-9,11-12,17H,4-7,10H2,1-3H3. The third-order valence-electron chi connectivity index (χ3n) is 4.24. The Labute approximate surface area is 104 Å². The third-order valence-corrected chi connectivity index (χ3v) is 4.24. The molecule has 1 atom stereocenters. The molecular weight excluding hydrogens is 212 g/mol. The first-order valence-corrected chi connectivity index (χ1v) is 6.62. The smallest absolute Gasteiger partial charge is 0.110 e. The molecule has 3 heteroatoms. The van der Waals surface area contributed by atoms with Crippen LogP contribution in [0.5, 0.6) is 0 Å². The SMILES string of the molecule is Cn1ccnc1CC(O)C1CCC(C)(C)CC1. The summed E-state index contributed by atoms with van der Waals surface area (Å²) in [7, 11) is 1.99. The van der Waals surface area contributed by atoms with Gasteiger partial charge in [0.2, 0.25) is 0 Å². The van der Waals surface area contributed by atoms with Gasteiger partial charge in [-0.3, -0.25) is 0 Å². The van der Waals surface area contributed by atoms with Gasteiger partial charge < -0.3 is 9.67 Å². The average molecular weight is 236 g/mol. The lowest BCUT2D eigenvalue weighted by Gasteiger charge is -2.36. The fourth-order valence-corrected chi connectivity index (χ4v) is 2.75. The highest BCUT2D eigenvalue weighted by Crippen LogP contribution is 2.39. The van der Waals surface area contributed by atoms with Crippen LogP contribution in [0.2, 0.25) is 0 Å². The first-order chi connectivity index (χ1) is 7.98. The highest BCUT2D eigenvalue weighted by molar-refractivity contribution is 4.95. The van der Waals surface area contributed by atoms with E-state index in [9.17, 15) is 5.11 Å². The van der Waals surface area contributed by atoms with Crippen molar-refractivity contribution in [1.29, 1.82) is 0 Å². The summed E-state index contributed by atoms with van der Waals surface area (Å²) in [6.45, 7) is 4.66. The molecule has 1 aliphatic carbocycles. The van der Waals surface area contributed by atoms with Crippen LogP contribution in [0.4, 0.5) is 0 Å². The van der Waals surface area contributed by atoms with E-state index >= 15 is 0 Å². The first kappa shape index (κ1) is 12.6. The quantitative estimate of drug-likeness (QED) is 0.875. The summed E-state index contributed by atoms with van der Waals surface area (Å²) in [6, 6.07) is 0. The number of hydrogen-bond acceptors (Lipinski definition) is 2. The zero-order chi connectivity index (χ0) is 12.5. The van der Waals surface area contributed by atoms with E-state index in [1.165, 1.54) is 12.8 Å². The largest absolute Gasteiger partial charge is 0.392 e.